The Labute approximate surface area is 336 Å². The quantitative estimate of drug-likeness (QED) is 0.154. The number of allylic oxidation sites excluding steroid dienone is 1. The molecule has 1 aliphatic heterocycles. The number of carboxylic acids is 1. The van der Waals surface area contributed by atoms with Gasteiger partial charge in [-0.25, -0.2) is 24.4 Å². The molecular formula is C38H43BN5NaO9. The number of imidazole rings is 2. The topological polar surface area (TPSA) is 208 Å². The summed E-state index contributed by atoms with van der Waals surface area (Å²) in [4.78, 5) is 46.1. The van der Waals surface area contributed by atoms with Gasteiger partial charge in [-0.3, -0.25) is 14.1 Å². The number of carbonyl (C=O) groups is 3. The van der Waals surface area contributed by atoms with Gasteiger partial charge in [0.05, 0.1) is 30.2 Å². The van der Waals surface area contributed by atoms with Crippen molar-refractivity contribution >= 4 is 36.7 Å². The van der Waals surface area contributed by atoms with E-state index in [4.69, 9.17) is 24.6 Å². The third-order valence-electron chi connectivity index (χ3n) is 7.28. The molecule has 3 aromatic carbocycles. The van der Waals surface area contributed by atoms with E-state index in [-0.39, 0.29) is 52.7 Å². The van der Waals surface area contributed by atoms with Gasteiger partial charge < -0.3 is 30.1 Å². The fraction of sp³-hybridized carbons (Fsp3) is 0.211. The first-order valence-corrected chi connectivity index (χ1v) is 16.4. The Bertz CT molecular complexity index is 1970. The van der Waals surface area contributed by atoms with Gasteiger partial charge >= 0.3 is 54.6 Å². The Hall–Kier alpha value is -5.16. The van der Waals surface area contributed by atoms with Gasteiger partial charge in [-0.15, -0.1) is 0 Å². The van der Waals surface area contributed by atoms with Crippen LogP contribution >= 0.6 is 0 Å². The van der Waals surface area contributed by atoms with Crippen molar-refractivity contribution in [2.45, 2.75) is 41.0 Å². The number of para-hydroxylation sites is 2. The molecule has 3 heterocycles. The maximum atomic E-state index is 11.8. The van der Waals surface area contributed by atoms with E-state index in [2.05, 4.69) is 15.0 Å². The molecule has 6 rings (SSSR count). The molecule has 0 atom stereocenters. The van der Waals surface area contributed by atoms with Crippen LogP contribution in [0.4, 0.5) is 0 Å². The molecule has 0 fully saturated rings. The van der Waals surface area contributed by atoms with E-state index in [1.165, 1.54) is 6.33 Å². The Morgan fingerprint density at radius 1 is 0.704 bits per heavy atom. The molecule has 0 aliphatic carbocycles. The first-order chi connectivity index (χ1) is 25.0. The van der Waals surface area contributed by atoms with E-state index in [0.29, 0.717) is 47.8 Å². The van der Waals surface area contributed by atoms with Crippen molar-refractivity contribution in [1.82, 2.24) is 19.1 Å². The smallest absolute Gasteiger partial charge is 0.870 e. The summed E-state index contributed by atoms with van der Waals surface area (Å²) >= 11 is 0. The van der Waals surface area contributed by atoms with E-state index in [9.17, 15) is 14.4 Å². The normalized spacial score (nSPS) is 10.8. The van der Waals surface area contributed by atoms with Crippen LogP contribution < -0.4 is 35.0 Å². The summed E-state index contributed by atoms with van der Waals surface area (Å²) in [6, 6.07) is 27.5. The summed E-state index contributed by atoms with van der Waals surface area (Å²) in [7, 11) is -1.34. The maximum absolute atomic E-state index is 11.8. The molecule has 54 heavy (non-hydrogen) atoms. The Morgan fingerprint density at radius 2 is 1.13 bits per heavy atom. The monoisotopic (exact) mass is 747 g/mol. The van der Waals surface area contributed by atoms with E-state index < -0.39 is 13.1 Å². The average Bonchev–Trinajstić information content (AvgIpc) is 3.88. The number of hydrogen-bond acceptors (Lipinski definition) is 11. The third-order valence-corrected chi connectivity index (χ3v) is 7.28. The first-order valence-electron chi connectivity index (χ1n) is 16.4. The molecule has 1 aliphatic rings. The third kappa shape index (κ3) is 13.7. The van der Waals surface area contributed by atoms with Gasteiger partial charge in [0.25, 0.3) is 0 Å². The Kier molecular flexibility index (Phi) is 21.0. The summed E-state index contributed by atoms with van der Waals surface area (Å²) in [5.41, 5.74) is 5.58. The Morgan fingerprint density at radius 3 is 1.52 bits per heavy atom. The SMILES string of the molecule is CCOC(=O)C1=C(C)N=CC1.CCOC(=O)c1c(C)ncn1-c1ccccc1.Cc1ncn(-c2ccccc2)c1C(=O)O.OB(O)c1ccccc1.[Na+].[OH-]. The molecule has 0 saturated heterocycles. The Balaban J connectivity index is 0.000000365. The molecule has 5 aromatic rings. The second-order valence-corrected chi connectivity index (χ2v) is 10.9. The number of aromatic nitrogens is 4. The van der Waals surface area contributed by atoms with Gasteiger partial charge in [0, 0.05) is 29.7 Å². The second-order valence-electron chi connectivity index (χ2n) is 10.9. The predicted octanol–water partition coefficient (Wildman–Crippen LogP) is 1.73. The van der Waals surface area contributed by atoms with Crippen LogP contribution in [0.1, 0.15) is 59.6 Å². The molecule has 0 amide bonds. The molecule has 14 nitrogen and oxygen atoms in total. The van der Waals surface area contributed by atoms with Crippen LogP contribution in [0.5, 0.6) is 0 Å². The van der Waals surface area contributed by atoms with E-state index >= 15 is 0 Å². The number of rotatable bonds is 8. The van der Waals surface area contributed by atoms with Crippen LogP contribution in [-0.2, 0) is 14.3 Å². The summed E-state index contributed by atoms with van der Waals surface area (Å²) in [6.45, 7) is 9.66. The first kappa shape index (κ1) is 46.9. The van der Waals surface area contributed by atoms with Crippen molar-refractivity contribution in [2.75, 3.05) is 13.2 Å². The minimum atomic E-state index is -1.34. The molecule has 2 aromatic heterocycles. The summed E-state index contributed by atoms with van der Waals surface area (Å²) < 4.78 is 13.2. The second kappa shape index (κ2) is 24.2. The summed E-state index contributed by atoms with van der Waals surface area (Å²) in [5.74, 6) is -1.54. The molecule has 278 valence electrons. The van der Waals surface area contributed by atoms with E-state index in [1.807, 2.05) is 73.7 Å². The van der Waals surface area contributed by atoms with E-state index in [1.54, 1.807) is 73.6 Å². The van der Waals surface area contributed by atoms with Crippen LogP contribution in [0, 0.1) is 13.8 Å². The number of benzene rings is 3. The van der Waals surface area contributed by atoms with Gasteiger partial charge in [-0.05, 0) is 64.3 Å². The number of nitrogens with zero attached hydrogens (tertiary/aromatic N) is 5. The summed E-state index contributed by atoms with van der Waals surface area (Å²) in [6.07, 6.45) is 5.50. The molecule has 16 heteroatoms. The molecule has 0 unspecified atom stereocenters. The zero-order valence-electron chi connectivity index (χ0n) is 31.2. The van der Waals surface area contributed by atoms with E-state index in [0.717, 1.165) is 17.1 Å². The molecule has 0 saturated carbocycles. The minimum Gasteiger partial charge on any atom is -0.870 e. The van der Waals surface area contributed by atoms with Gasteiger partial charge in [0.1, 0.15) is 12.7 Å². The number of esters is 2. The number of carboxylic acid groups (broad SMARTS) is 1. The fourth-order valence-electron chi connectivity index (χ4n) is 4.72. The average molecular weight is 748 g/mol. The van der Waals surface area contributed by atoms with Crippen molar-refractivity contribution in [3.63, 3.8) is 0 Å². The number of ether oxygens (including phenoxy) is 2. The zero-order chi connectivity index (χ0) is 38.0. The van der Waals surface area contributed by atoms with Gasteiger partial charge in [0.2, 0.25) is 0 Å². The standard InChI is InChI=1S/C13H14N2O2.C11H10N2O2.C8H11NO2.C6H7BO2.Na.H2O/c1-3-17-13(16)12-10(2)14-9-15(12)11-7-5-4-6-8-11;1-8-10(11(14)15)13(7-12-8)9-5-3-2-4-6-9;1-3-11-8(10)7-4-5-9-6(7)2;8-7(9)6-4-2-1-3-5-6;;/h4-9H,3H2,1-2H3;2-7H,1H3,(H,14,15);5H,3-4H2,1-2H3;1-5,8-9H;;1H2/q;;;;+1;/p-1. The summed E-state index contributed by atoms with van der Waals surface area (Å²) in [5, 5.41) is 26.2. The minimum absolute atomic E-state index is 0. The van der Waals surface area contributed by atoms with Crippen LogP contribution in [0.15, 0.2) is 120 Å². The molecular weight excluding hydrogens is 704 g/mol. The largest absolute Gasteiger partial charge is 1.00 e. The predicted molar refractivity (Wildman–Crippen MR) is 200 cm³/mol. The zero-order valence-corrected chi connectivity index (χ0v) is 33.2. The number of aliphatic imine (C=N–C) groups is 1. The van der Waals surface area contributed by atoms with Crippen molar-refractivity contribution in [3.8, 4) is 11.4 Å². The number of aromatic carboxylic acids is 1. The molecule has 0 bridgehead atoms. The number of hydrogen-bond donors (Lipinski definition) is 3. The van der Waals surface area contributed by atoms with Crippen LogP contribution in [0.2, 0.25) is 0 Å². The van der Waals surface area contributed by atoms with Crippen molar-refractivity contribution in [3.05, 3.63) is 138 Å². The number of carbonyl (C=O) groups excluding carboxylic acids is 2. The van der Waals surface area contributed by atoms with Crippen molar-refractivity contribution in [2.24, 2.45) is 4.99 Å². The molecule has 0 radical (unpaired) electrons. The van der Waals surface area contributed by atoms with Crippen LogP contribution in [0.25, 0.3) is 11.4 Å². The fourth-order valence-corrected chi connectivity index (χ4v) is 4.72. The maximum Gasteiger partial charge on any atom is 1.00 e. The van der Waals surface area contributed by atoms with Crippen molar-refractivity contribution < 1.29 is 74.0 Å². The van der Waals surface area contributed by atoms with Gasteiger partial charge in [0.15, 0.2) is 11.4 Å². The molecule has 4 N–H and O–H groups in total. The van der Waals surface area contributed by atoms with Gasteiger partial charge in [-0.2, -0.15) is 0 Å². The van der Waals surface area contributed by atoms with Gasteiger partial charge in [-0.1, -0.05) is 66.7 Å². The van der Waals surface area contributed by atoms with Crippen LogP contribution in [0.3, 0.4) is 0 Å². The molecule has 0 spiro atoms. The number of aryl methyl sites for hydroxylation is 2. The van der Waals surface area contributed by atoms with Crippen LogP contribution in [-0.4, -0.2) is 84.2 Å². The van der Waals surface area contributed by atoms with Crippen molar-refractivity contribution in [1.29, 1.82) is 0 Å².